The Kier molecular flexibility index (Phi) is 3.45. The van der Waals surface area contributed by atoms with Crippen LogP contribution in [0.2, 0.25) is 0 Å². The van der Waals surface area contributed by atoms with Gasteiger partial charge in [0.1, 0.15) is 24.4 Å². The predicted molar refractivity (Wildman–Crippen MR) is 52.4 cm³/mol. The summed E-state index contributed by atoms with van der Waals surface area (Å²) in [5, 5.41) is 28.2. The van der Waals surface area contributed by atoms with Gasteiger partial charge in [0.25, 0.3) is 0 Å². The quantitative estimate of drug-likeness (QED) is 0.465. The van der Waals surface area contributed by atoms with E-state index < -0.39 is 49.0 Å². The fraction of sp³-hybridized carbons (Fsp3) is 0.700. The molecule has 2 heterocycles. The predicted octanol–water partition coefficient (Wildman–Crippen LogP) is -2.41. The monoisotopic (exact) mass is 243 g/mol. The third-order valence-electron chi connectivity index (χ3n) is 3.05. The first-order chi connectivity index (χ1) is 8.06. The second kappa shape index (κ2) is 4.71. The molecule has 0 amide bonds. The maximum Gasteiger partial charge on any atom is 0.331 e. The molecular formula is C10H13NO6. The van der Waals surface area contributed by atoms with E-state index in [1.54, 1.807) is 0 Å². The minimum Gasteiger partial charge on any atom is -0.434 e. The highest BCUT2D eigenvalue weighted by molar-refractivity contribution is 5.77. The second-order valence-electron chi connectivity index (χ2n) is 4.09. The summed E-state index contributed by atoms with van der Waals surface area (Å²) in [7, 11) is 0. The van der Waals surface area contributed by atoms with Crippen molar-refractivity contribution in [1.29, 1.82) is 0 Å². The van der Waals surface area contributed by atoms with Gasteiger partial charge < -0.3 is 24.8 Å². The van der Waals surface area contributed by atoms with E-state index in [4.69, 9.17) is 9.84 Å². The molecule has 0 aliphatic carbocycles. The van der Waals surface area contributed by atoms with Crippen molar-refractivity contribution in [2.75, 3.05) is 6.61 Å². The molecule has 1 fully saturated rings. The Morgan fingerprint density at radius 1 is 1.35 bits per heavy atom. The lowest BCUT2D eigenvalue weighted by Gasteiger charge is -2.27. The van der Waals surface area contributed by atoms with Gasteiger partial charge in [0.05, 0.1) is 19.0 Å². The number of ether oxygens (including phenoxy) is 2. The number of aliphatic hydroxyl groups excluding tert-OH is 3. The van der Waals surface area contributed by atoms with E-state index in [1.807, 2.05) is 0 Å². The highest BCUT2D eigenvalue weighted by Gasteiger charge is 2.49. The van der Waals surface area contributed by atoms with E-state index >= 15 is 0 Å². The van der Waals surface area contributed by atoms with Crippen LogP contribution in [0.1, 0.15) is 0 Å². The van der Waals surface area contributed by atoms with Crippen molar-refractivity contribution < 1.29 is 29.6 Å². The molecule has 2 rings (SSSR count). The number of carbonyl (C=O) groups excluding carboxylic acids is 1. The van der Waals surface area contributed by atoms with Crippen molar-refractivity contribution >= 4 is 5.97 Å². The molecule has 17 heavy (non-hydrogen) atoms. The molecule has 0 aromatic rings. The number of esters is 1. The van der Waals surface area contributed by atoms with Crippen molar-refractivity contribution in [3.05, 3.63) is 12.3 Å². The molecule has 2 aliphatic rings. The van der Waals surface area contributed by atoms with E-state index in [0.29, 0.717) is 0 Å². The maximum atomic E-state index is 11.1. The van der Waals surface area contributed by atoms with Crippen molar-refractivity contribution in [2.24, 2.45) is 5.92 Å². The third kappa shape index (κ3) is 2.07. The summed E-state index contributed by atoms with van der Waals surface area (Å²) in [6, 6.07) is -1.45. The summed E-state index contributed by atoms with van der Waals surface area (Å²) in [6.07, 6.45) is -1.92. The molecular weight excluding hydrogens is 230 g/mol. The van der Waals surface area contributed by atoms with Crippen LogP contribution in [-0.2, 0) is 14.3 Å². The largest absolute Gasteiger partial charge is 0.434 e. The molecule has 0 aromatic heterocycles. The first-order valence-electron chi connectivity index (χ1n) is 5.24. The lowest BCUT2D eigenvalue weighted by atomic mass is 9.89. The van der Waals surface area contributed by atoms with Gasteiger partial charge in [-0.2, -0.15) is 0 Å². The van der Waals surface area contributed by atoms with Crippen LogP contribution < -0.4 is 5.73 Å². The summed E-state index contributed by atoms with van der Waals surface area (Å²) in [5.41, 5.74) is 9.60. The van der Waals surface area contributed by atoms with Crippen LogP contribution in [0.15, 0.2) is 12.3 Å². The normalized spacial score (nSPS) is 46.0. The van der Waals surface area contributed by atoms with Gasteiger partial charge in [0.15, 0.2) is 0 Å². The molecule has 2 radical (unpaired) electrons. The summed E-state index contributed by atoms with van der Waals surface area (Å²) in [6.45, 7) is -0.453. The average molecular weight is 243 g/mol. The van der Waals surface area contributed by atoms with Gasteiger partial charge in [-0.3, -0.25) is 0 Å². The summed E-state index contributed by atoms with van der Waals surface area (Å²) in [4.78, 5) is 11.1. The van der Waals surface area contributed by atoms with E-state index in [2.05, 4.69) is 4.74 Å². The summed E-state index contributed by atoms with van der Waals surface area (Å²) in [5.74, 6) is -1.65. The summed E-state index contributed by atoms with van der Waals surface area (Å²) >= 11 is 0. The number of carbonyl (C=O) groups is 1. The Morgan fingerprint density at radius 3 is 2.65 bits per heavy atom. The highest BCUT2D eigenvalue weighted by atomic mass is 16.6. The van der Waals surface area contributed by atoms with Gasteiger partial charge in [-0.1, -0.05) is 0 Å². The third-order valence-corrected chi connectivity index (χ3v) is 3.05. The molecule has 0 spiro atoms. The zero-order chi connectivity index (χ0) is 12.6. The first-order valence-corrected chi connectivity index (χ1v) is 5.24. The number of hydrogen-bond donors (Lipinski definition) is 3. The molecule has 7 nitrogen and oxygen atoms in total. The SMILES string of the molecule is [N]C1C(=O)OC=CC1C1O[C@H](CO)[C@@H](O)[C@H]1O. The van der Waals surface area contributed by atoms with Crippen LogP contribution in [0, 0.1) is 5.92 Å². The Bertz CT molecular complexity index is 333. The van der Waals surface area contributed by atoms with Gasteiger partial charge in [-0.05, 0) is 6.08 Å². The van der Waals surface area contributed by atoms with Gasteiger partial charge in [-0.15, -0.1) is 5.73 Å². The van der Waals surface area contributed by atoms with E-state index in [0.717, 1.165) is 6.26 Å². The van der Waals surface area contributed by atoms with Gasteiger partial charge in [0.2, 0.25) is 0 Å². The van der Waals surface area contributed by atoms with E-state index in [9.17, 15) is 20.7 Å². The average Bonchev–Trinajstić information content (AvgIpc) is 2.60. The lowest BCUT2D eigenvalue weighted by Crippen LogP contribution is -2.45. The highest BCUT2D eigenvalue weighted by Crippen LogP contribution is 2.30. The molecule has 3 unspecified atom stereocenters. The van der Waals surface area contributed by atoms with Crippen molar-refractivity contribution in [3.8, 4) is 0 Å². The van der Waals surface area contributed by atoms with Crippen LogP contribution >= 0.6 is 0 Å². The number of cyclic esters (lactones) is 1. The van der Waals surface area contributed by atoms with Gasteiger partial charge in [-0.25, -0.2) is 4.79 Å². The Hall–Kier alpha value is -0.990. The Morgan fingerprint density at radius 2 is 2.06 bits per heavy atom. The van der Waals surface area contributed by atoms with Crippen LogP contribution in [-0.4, -0.2) is 58.4 Å². The van der Waals surface area contributed by atoms with Gasteiger partial charge in [0, 0.05) is 5.92 Å². The van der Waals surface area contributed by atoms with Crippen LogP contribution in [0.3, 0.4) is 0 Å². The molecule has 7 heteroatoms. The Balaban J connectivity index is 2.15. The van der Waals surface area contributed by atoms with Gasteiger partial charge >= 0.3 is 5.97 Å². The van der Waals surface area contributed by atoms with E-state index in [-0.39, 0.29) is 0 Å². The number of hydrogen-bond acceptors (Lipinski definition) is 6. The zero-order valence-electron chi connectivity index (χ0n) is 8.84. The van der Waals surface area contributed by atoms with Crippen molar-refractivity contribution in [2.45, 2.75) is 30.5 Å². The fourth-order valence-electron chi connectivity index (χ4n) is 2.06. The number of rotatable bonds is 2. The zero-order valence-corrected chi connectivity index (χ0v) is 8.84. The standard InChI is InChI=1S/C10H13NO6/c11-6-4(1-2-16-10(6)15)9-8(14)7(13)5(3-12)17-9/h1-2,4-9,12-14H,3H2/t4?,5-,6?,7-,8-,9?/m1/s1. The minimum atomic E-state index is -1.45. The smallest absolute Gasteiger partial charge is 0.331 e. The van der Waals surface area contributed by atoms with E-state index in [1.165, 1.54) is 6.08 Å². The van der Waals surface area contributed by atoms with Crippen molar-refractivity contribution in [3.63, 3.8) is 0 Å². The molecule has 2 aliphatic heterocycles. The molecule has 6 atom stereocenters. The molecule has 94 valence electrons. The second-order valence-corrected chi connectivity index (χ2v) is 4.09. The lowest BCUT2D eigenvalue weighted by molar-refractivity contribution is -0.144. The fourth-order valence-corrected chi connectivity index (χ4v) is 2.06. The summed E-state index contributed by atoms with van der Waals surface area (Å²) < 4.78 is 9.70. The molecule has 3 N–H and O–H groups in total. The molecule has 1 saturated heterocycles. The van der Waals surface area contributed by atoms with Crippen LogP contribution in [0.4, 0.5) is 0 Å². The topological polar surface area (TPSA) is 119 Å². The maximum absolute atomic E-state index is 11.1. The molecule has 0 bridgehead atoms. The first kappa shape index (κ1) is 12.5. The number of aliphatic hydroxyl groups is 3. The minimum absolute atomic E-state index is 0.453. The van der Waals surface area contributed by atoms with Crippen LogP contribution in [0.5, 0.6) is 0 Å². The molecule has 0 aromatic carbocycles. The number of nitrogens with zero attached hydrogens (tertiary/aromatic N) is 1. The molecule has 0 saturated carbocycles. The van der Waals surface area contributed by atoms with Crippen molar-refractivity contribution in [1.82, 2.24) is 5.73 Å². The Labute approximate surface area is 97.4 Å². The van der Waals surface area contributed by atoms with Crippen LogP contribution in [0.25, 0.3) is 0 Å².